The van der Waals surface area contributed by atoms with Crippen LogP contribution in [-0.2, 0) is 4.74 Å². The Morgan fingerprint density at radius 2 is 2.14 bits per heavy atom. The SMILES string of the molecule is CN(C(=S)OC/C=C/C#CC(C)(C)C)c1cccc(Cl)c1. The normalized spacial score (nSPS) is 10.9. The zero-order valence-corrected chi connectivity index (χ0v) is 14.4. The molecule has 0 radical (unpaired) electrons. The molecule has 0 amide bonds. The number of nitrogens with zero attached hydrogens (tertiary/aromatic N) is 1. The zero-order chi connectivity index (χ0) is 15.9. The van der Waals surface area contributed by atoms with Crippen LogP contribution in [0.15, 0.2) is 36.4 Å². The van der Waals surface area contributed by atoms with Gasteiger partial charge >= 0.3 is 0 Å². The van der Waals surface area contributed by atoms with Crippen LogP contribution in [0.1, 0.15) is 20.8 Å². The van der Waals surface area contributed by atoms with E-state index >= 15 is 0 Å². The van der Waals surface area contributed by atoms with E-state index in [0.717, 1.165) is 5.69 Å². The van der Waals surface area contributed by atoms with Gasteiger partial charge in [-0.1, -0.05) is 29.5 Å². The van der Waals surface area contributed by atoms with Gasteiger partial charge in [0.05, 0.1) is 0 Å². The lowest BCUT2D eigenvalue weighted by Crippen LogP contribution is -2.26. The smallest absolute Gasteiger partial charge is 0.263 e. The van der Waals surface area contributed by atoms with Crippen LogP contribution in [0.3, 0.4) is 0 Å². The predicted molar refractivity (Wildman–Crippen MR) is 94.8 cm³/mol. The van der Waals surface area contributed by atoms with Gasteiger partial charge in [-0.15, -0.1) is 0 Å². The Hall–Kier alpha value is -1.50. The molecule has 1 rings (SSSR count). The van der Waals surface area contributed by atoms with Crippen LogP contribution in [0.5, 0.6) is 0 Å². The minimum Gasteiger partial charge on any atom is -0.466 e. The predicted octanol–water partition coefficient (Wildman–Crippen LogP) is 4.68. The highest BCUT2D eigenvalue weighted by Crippen LogP contribution is 2.18. The number of hydrogen-bond donors (Lipinski definition) is 0. The number of hydrogen-bond acceptors (Lipinski definition) is 2. The Labute approximate surface area is 137 Å². The quantitative estimate of drug-likeness (QED) is 0.592. The van der Waals surface area contributed by atoms with Gasteiger partial charge < -0.3 is 9.64 Å². The Morgan fingerprint density at radius 3 is 2.76 bits per heavy atom. The molecule has 0 unspecified atom stereocenters. The summed E-state index contributed by atoms with van der Waals surface area (Å²) in [6.45, 7) is 6.60. The summed E-state index contributed by atoms with van der Waals surface area (Å²) in [5.41, 5.74) is 0.900. The molecule has 0 spiro atoms. The molecule has 0 aliphatic heterocycles. The second kappa shape index (κ2) is 8.07. The summed E-state index contributed by atoms with van der Waals surface area (Å²) in [6, 6.07) is 7.45. The van der Waals surface area contributed by atoms with Gasteiger partial charge in [-0.2, -0.15) is 0 Å². The lowest BCUT2D eigenvalue weighted by molar-refractivity contribution is 0.352. The summed E-state index contributed by atoms with van der Waals surface area (Å²) >= 11 is 11.2. The monoisotopic (exact) mass is 321 g/mol. The maximum atomic E-state index is 5.95. The molecular weight excluding hydrogens is 302 g/mol. The Balaban J connectivity index is 2.47. The van der Waals surface area contributed by atoms with E-state index in [1.807, 2.05) is 37.4 Å². The average molecular weight is 322 g/mol. The van der Waals surface area contributed by atoms with Crippen molar-refractivity contribution < 1.29 is 4.74 Å². The number of benzene rings is 1. The lowest BCUT2D eigenvalue weighted by atomic mass is 9.98. The number of rotatable bonds is 3. The van der Waals surface area contributed by atoms with Gasteiger partial charge in [0, 0.05) is 23.2 Å². The Kier molecular flexibility index (Phi) is 6.74. The second-order valence-corrected chi connectivity index (χ2v) is 6.32. The molecule has 0 aliphatic carbocycles. The van der Waals surface area contributed by atoms with Crippen molar-refractivity contribution >= 4 is 34.7 Å². The zero-order valence-electron chi connectivity index (χ0n) is 12.8. The fraction of sp³-hybridized carbons (Fsp3) is 0.353. The fourth-order valence-corrected chi connectivity index (χ4v) is 1.73. The van der Waals surface area contributed by atoms with E-state index in [1.54, 1.807) is 11.0 Å². The first-order valence-corrected chi connectivity index (χ1v) is 7.42. The number of allylic oxidation sites excluding steroid dienone is 1. The van der Waals surface area contributed by atoms with Crippen LogP contribution >= 0.6 is 23.8 Å². The van der Waals surface area contributed by atoms with Crippen LogP contribution < -0.4 is 4.90 Å². The van der Waals surface area contributed by atoms with E-state index in [-0.39, 0.29) is 5.41 Å². The summed E-state index contributed by atoms with van der Waals surface area (Å²) in [5.74, 6) is 6.10. The molecule has 21 heavy (non-hydrogen) atoms. The summed E-state index contributed by atoms with van der Waals surface area (Å²) in [4.78, 5) is 1.77. The molecule has 0 fully saturated rings. The maximum absolute atomic E-state index is 5.95. The van der Waals surface area contributed by atoms with Crippen molar-refractivity contribution in [2.24, 2.45) is 5.41 Å². The van der Waals surface area contributed by atoms with Gasteiger partial charge in [0.15, 0.2) is 0 Å². The van der Waals surface area contributed by atoms with Crippen LogP contribution in [0.2, 0.25) is 5.02 Å². The van der Waals surface area contributed by atoms with E-state index in [1.165, 1.54) is 0 Å². The van der Waals surface area contributed by atoms with Gasteiger partial charge in [0.25, 0.3) is 5.17 Å². The van der Waals surface area contributed by atoms with E-state index in [4.69, 9.17) is 28.6 Å². The number of halogens is 1. The van der Waals surface area contributed by atoms with Crippen LogP contribution in [0.4, 0.5) is 5.69 Å². The highest BCUT2D eigenvalue weighted by atomic mass is 35.5. The van der Waals surface area contributed by atoms with Crippen LogP contribution in [-0.4, -0.2) is 18.8 Å². The summed E-state index contributed by atoms with van der Waals surface area (Å²) in [5, 5.41) is 1.06. The molecule has 1 aromatic rings. The fourth-order valence-electron chi connectivity index (χ4n) is 1.37. The molecule has 4 heteroatoms. The molecule has 0 atom stereocenters. The first-order valence-electron chi connectivity index (χ1n) is 6.63. The van der Waals surface area contributed by atoms with Crippen LogP contribution in [0.25, 0.3) is 0 Å². The third-order valence-electron chi connectivity index (χ3n) is 2.42. The number of anilines is 1. The van der Waals surface area contributed by atoms with Gasteiger partial charge in [0.2, 0.25) is 0 Å². The first kappa shape index (κ1) is 17.6. The minimum atomic E-state index is 0.00724. The van der Waals surface area contributed by atoms with E-state index < -0.39 is 0 Å². The molecule has 0 aliphatic rings. The largest absolute Gasteiger partial charge is 0.466 e. The molecule has 2 nitrogen and oxygen atoms in total. The van der Waals surface area contributed by atoms with Crippen molar-refractivity contribution in [3.8, 4) is 11.8 Å². The third kappa shape index (κ3) is 7.17. The standard InChI is InChI=1S/C17H20ClNOS/c1-17(2,3)11-6-5-7-12-20-16(21)19(4)15-10-8-9-14(18)13-15/h5,7-10,13H,12H2,1-4H3/b7-5+. The van der Waals surface area contributed by atoms with Crippen molar-refractivity contribution in [3.05, 3.63) is 41.4 Å². The first-order chi connectivity index (χ1) is 9.79. The van der Waals surface area contributed by atoms with Crippen molar-refractivity contribution in [3.63, 3.8) is 0 Å². The summed E-state index contributed by atoms with van der Waals surface area (Å²) < 4.78 is 5.49. The van der Waals surface area contributed by atoms with Crippen molar-refractivity contribution in [2.75, 3.05) is 18.6 Å². The molecule has 0 saturated carbocycles. The Morgan fingerprint density at radius 1 is 1.43 bits per heavy atom. The van der Waals surface area contributed by atoms with Gasteiger partial charge in [-0.05, 0) is 63.3 Å². The van der Waals surface area contributed by atoms with Crippen molar-refractivity contribution in [1.82, 2.24) is 0 Å². The van der Waals surface area contributed by atoms with Crippen molar-refractivity contribution in [2.45, 2.75) is 20.8 Å². The minimum absolute atomic E-state index is 0.00724. The second-order valence-electron chi connectivity index (χ2n) is 5.54. The molecule has 0 saturated heterocycles. The lowest BCUT2D eigenvalue weighted by Gasteiger charge is -2.19. The highest BCUT2D eigenvalue weighted by Gasteiger charge is 2.07. The topological polar surface area (TPSA) is 12.5 Å². The van der Waals surface area contributed by atoms with Crippen molar-refractivity contribution in [1.29, 1.82) is 0 Å². The van der Waals surface area contributed by atoms with E-state index in [9.17, 15) is 0 Å². The maximum Gasteiger partial charge on any atom is 0.263 e. The number of thiocarbonyl (C=S) groups is 1. The average Bonchev–Trinajstić information content (AvgIpc) is 2.40. The van der Waals surface area contributed by atoms with Gasteiger partial charge in [-0.25, -0.2) is 0 Å². The van der Waals surface area contributed by atoms with E-state index in [0.29, 0.717) is 16.8 Å². The van der Waals surface area contributed by atoms with Crippen LogP contribution in [0, 0.1) is 17.3 Å². The highest BCUT2D eigenvalue weighted by molar-refractivity contribution is 7.80. The Bertz CT molecular complexity index is 578. The molecule has 1 aromatic carbocycles. The molecular formula is C17H20ClNOS. The number of ether oxygens (including phenoxy) is 1. The van der Waals surface area contributed by atoms with Gasteiger partial charge in [-0.3, -0.25) is 0 Å². The summed E-state index contributed by atoms with van der Waals surface area (Å²) in [7, 11) is 1.84. The summed E-state index contributed by atoms with van der Waals surface area (Å²) in [6.07, 6.45) is 3.63. The molecule has 0 aromatic heterocycles. The van der Waals surface area contributed by atoms with E-state index in [2.05, 4.69) is 32.6 Å². The molecule has 0 heterocycles. The third-order valence-corrected chi connectivity index (χ3v) is 3.05. The molecule has 0 bridgehead atoms. The molecule has 0 N–H and O–H groups in total. The molecule has 112 valence electrons. The van der Waals surface area contributed by atoms with Gasteiger partial charge in [0.1, 0.15) is 6.61 Å².